The summed E-state index contributed by atoms with van der Waals surface area (Å²) in [6.07, 6.45) is 6.50. The third-order valence-electron chi connectivity index (χ3n) is 4.46. The Morgan fingerprint density at radius 3 is 2.67 bits per heavy atom. The van der Waals surface area contributed by atoms with Gasteiger partial charge in [0.2, 0.25) is 0 Å². The molecule has 1 aliphatic rings. The molecule has 1 aliphatic carbocycles. The Balaban J connectivity index is 2.20. The molecule has 1 aromatic rings. The number of methoxy groups -OCH3 is 1. The zero-order valence-corrected chi connectivity index (χ0v) is 11.8. The van der Waals surface area contributed by atoms with E-state index in [2.05, 4.69) is 18.3 Å². The van der Waals surface area contributed by atoms with Crippen LogP contribution in [-0.4, -0.2) is 14.2 Å². The van der Waals surface area contributed by atoms with Crippen molar-refractivity contribution in [2.24, 2.45) is 5.41 Å². The minimum absolute atomic E-state index is 0.329. The minimum Gasteiger partial charge on any atom is -0.462 e. The second-order valence-electron chi connectivity index (χ2n) is 5.38. The zero-order valence-electron chi connectivity index (χ0n) is 11.8. The van der Waals surface area contributed by atoms with Crippen LogP contribution < -0.4 is 5.32 Å². The number of nitrogens with one attached hydrogen (secondary N) is 1. The predicted octanol–water partition coefficient (Wildman–Crippen LogP) is 3.66. The maximum absolute atomic E-state index is 5.93. The highest BCUT2D eigenvalue weighted by molar-refractivity contribution is 5.14. The van der Waals surface area contributed by atoms with Gasteiger partial charge in [0.05, 0.1) is 6.04 Å². The Morgan fingerprint density at radius 1 is 1.39 bits per heavy atom. The SMILES string of the molecule is CCC1(C(NC)c2ccc(COC)o2)CCCC1. The Hall–Kier alpha value is -0.800. The zero-order chi connectivity index (χ0) is 13.0. The highest BCUT2D eigenvalue weighted by atomic mass is 16.5. The van der Waals surface area contributed by atoms with Crippen LogP contribution in [0.3, 0.4) is 0 Å². The highest BCUT2D eigenvalue weighted by Crippen LogP contribution is 2.50. The fraction of sp³-hybridized carbons (Fsp3) is 0.733. The first-order chi connectivity index (χ1) is 8.75. The lowest BCUT2D eigenvalue weighted by atomic mass is 9.75. The lowest BCUT2D eigenvalue weighted by molar-refractivity contribution is 0.145. The van der Waals surface area contributed by atoms with Crippen molar-refractivity contribution in [2.75, 3.05) is 14.2 Å². The first kappa shape index (κ1) is 13.6. The fourth-order valence-corrected chi connectivity index (χ4v) is 3.45. The Labute approximate surface area is 110 Å². The molecule has 0 spiro atoms. The quantitative estimate of drug-likeness (QED) is 0.838. The summed E-state index contributed by atoms with van der Waals surface area (Å²) in [5.41, 5.74) is 0.372. The third-order valence-corrected chi connectivity index (χ3v) is 4.46. The summed E-state index contributed by atoms with van der Waals surface area (Å²) in [7, 11) is 3.74. The van der Waals surface area contributed by atoms with Gasteiger partial charge in [-0.3, -0.25) is 0 Å². The molecule has 1 saturated carbocycles. The average Bonchev–Trinajstić information content (AvgIpc) is 3.01. The first-order valence-corrected chi connectivity index (χ1v) is 7.00. The molecule has 3 nitrogen and oxygen atoms in total. The van der Waals surface area contributed by atoms with Gasteiger partial charge in [-0.25, -0.2) is 0 Å². The summed E-state index contributed by atoms with van der Waals surface area (Å²) < 4.78 is 11.0. The monoisotopic (exact) mass is 251 g/mol. The van der Waals surface area contributed by atoms with Gasteiger partial charge in [-0.2, -0.15) is 0 Å². The van der Waals surface area contributed by atoms with Gasteiger partial charge in [0.1, 0.15) is 18.1 Å². The summed E-state index contributed by atoms with van der Waals surface area (Å²) in [6, 6.07) is 4.46. The molecule has 0 amide bonds. The van der Waals surface area contributed by atoms with E-state index in [9.17, 15) is 0 Å². The molecule has 18 heavy (non-hydrogen) atoms. The molecule has 102 valence electrons. The van der Waals surface area contributed by atoms with Gasteiger partial charge in [-0.1, -0.05) is 19.8 Å². The summed E-state index contributed by atoms with van der Waals surface area (Å²) in [6.45, 7) is 2.85. The van der Waals surface area contributed by atoms with Gasteiger partial charge in [-0.05, 0) is 43.9 Å². The molecule has 0 aromatic carbocycles. The number of hydrogen-bond acceptors (Lipinski definition) is 3. The molecule has 1 heterocycles. The van der Waals surface area contributed by atoms with Crippen LogP contribution in [0.1, 0.15) is 56.6 Å². The van der Waals surface area contributed by atoms with Crippen LogP contribution in [0.15, 0.2) is 16.5 Å². The summed E-state index contributed by atoms with van der Waals surface area (Å²) in [5.74, 6) is 1.98. The van der Waals surface area contributed by atoms with Crippen molar-refractivity contribution in [3.8, 4) is 0 Å². The van der Waals surface area contributed by atoms with E-state index in [1.807, 2.05) is 13.1 Å². The van der Waals surface area contributed by atoms with E-state index in [1.54, 1.807) is 7.11 Å². The van der Waals surface area contributed by atoms with Crippen LogP contribution in [0.2, 0.25) is 0 Å². The summed E-state index contributed by atoms with van der Waals surface area (Å²) >= 11 is 0. The number of ether oxygens (including phenoxy) is 1. The second kappa shape index (κ2) is 5.89. The van der Waals surface area contributed by atoms with E-state index >= 15 is 0 Å². The maximum atomic E-state index is 5.93. The molecule has 0 saturated heterocycles. The molecule has 1 N–H and O–H groups in total. The van der Waals surface area contributed by atoms with Crippen molar-refractivity contribution in [3.63, 3.8) is 0 Å². The van der Waals surface area contributed by atoms with Crippen molar-refractivity contribution in [1.82, 2.24) is 5.32 Å². The highest BCUT2D eigenvalue weighted by Gasteiger charge is 2.41. The lowest BCUT2D eigenvalue weighted by Crippen LogP contribution is -2.33. The molecule has 1 aromatic heterocycles. The molecule has 0 radical (unpaired) electrons. The molecule has 0 aliphatic heterocycles. The first-order valence-electron chi connectivity index (χ1n) is 7.00. The molecule has 3 heteroatoms. The standard InChI is InChI=1S/C15H25NO2/c1-4-15(9-5-6-10-15)14(16-2)13-8-7-12(18-13)11-17-3/h7-8,14,16H,4-6,9-11H2,1-3H3. The van der Waals surface area contributed by atoms with Crippen LogP contribution in [0.4, 0.5) is 0 Å². The van der Waals surface area contributed by atoms with Crippen LogP contribution in [0.25, 0.3) is 0 Å². The molecular weight excluding hydrogens is 226 g/mol. The molecular formula is C15H25NO2. The van der Waals surface area contributed by atoms with Gasteiger partial charge >= 0.3 is 0 Å². The Morgan fingerprint density at radius 2 is 2.11 bits per heavy atom. The largest absolute Gasteiger partial charge is 0.462 e. The van der Waals surface area contributed by atoms with E-state index in [1.165, 1.54) is 32.1 Å². The fourth-order valence-electron chi connectivity index (χ4n) is 3.45. The van der Waals surface area contributed by atoms with E-state index in [0.29, 0.717) is 18.1 Å². The van der Waals surface area contributed by atoms with Gasteiger partial charge in [0.15, 0.2) is 0 Å². The number of hydrogen-bond donors (Lipinski definition) is 1. The smallest absolute Gasteiger partial charge is 0.129 e. The van der Waals surface area contributed by atoms with Gasteiger partial charge in [-0.15, -0.1) is 0 Å². The molecule has 2 rings (SSSR count). The average molecular weight is 251 g/mol. The van der Waals surface area contributed by atoms with Crippen LogP contribution in [0, 0.1) is 5.41 Å². The van der Waals surface area contributed by atoms with Crippen LogP contribution in [0.5, 0.6) is 0 Å². The summed E-state index contributed by atoms with van der Waals surface area (Å²) in [5, 5.41) is 3.47. The lowest BCUT2D eigenvalue weighted by Gasteiger charge is -2.35. The molecule has 1 fully saturated rings. The Bertz CT molecular complexity index is 366. The van der Waals surface area contributed by atoms with Crippen molar-refractivity contribution in [3.05, 3.63) is 23.7 Å². The van der Waals surface area contributed by atoms with Gasteiger partial charge < -0.3 is 14.5 Å². The van der Waals surface area contributed by atoms with Gasteiger partial charge in [0.25, 0.3) is 0 Å². The van der Waals surface area contributed by atoms with Crippen molar-refractivity contribution in [1.29, 1.82) is 0 Å². The normalized spacial score (nSPS) is 20.2. The third kappa shape index (κ3) is 2.47. The Kier molecular flexibility index (Phi) is 4.46. The van der Waals surface area contributed by atoms with Crippen molar-refractivity contribution in [2.45, 2.75) is 51.7 Å². The topological polar surface area (TPSA) is 34.4 Å². The summed E-state index contributed by atoms with van der Waals surface area (Å²) in [4.78, 5) is 0. The van der Waals surface area contributed by atoms with E-state index < -0.39 is 0 Å². The predicted molar refractivity (Wildman–Crippen MR) is 72.4 cm³/mol. The van der Waals surface area contributed by atoms with Crippen LogP contribution >= 0.6 is 0 Å². The second-order valence-corrected chi connectivity index (χ2v) is 5.38. The molecule has 1 atom stereocenters. The molecule has 0 bridgehead atoms. The van der Waals surface area contributed by atoms with E-state index in [-0.39, 0.29) is 0 Å². The molecule has 1 unspecified atom stereocenters. The van der Waals surface area contributed by atoms with E-state index in [4.69, 9.17) is 9.15 Å². The number of rotatable bonds is 6. The van der Waals surface area contributed by atoms with Crippen molar-refractivity contribution >= 4 is 0 Å². The van der Waals surface area contributed by atoms with E-state index in [0.717, 1.165) is 11.5 Å². The maximum Gasteiger partial charge on any atom is 0.129 e. The number of furan rings is 1. The minimum atomic E-state index is 0.329. The van der Waals surface area contributed by atoms with Crippen molar-refractivity contribution < 1.29 is 9.15 Å². The van der Waals surface area contributed by atoms with Gasteiger partial charge in [0, 0.05) is 7.11 Å². The van der Waals surface area contributed by atoms with Crippen LogP contribution in [-0.2, 0) is 11.3 Å².